The molecule has 4 rings (SSSR count). The molecule has 2 unspecified atom stereocenters. The third-order valence-electron chi connectivity index (χ3n) is 11.1. The molecule has 3 fully saturated rings. The smallest absolute Gasteiger partial charge is 0.390 e. The van der Waals surface area contributed by atoms with Crippen LogP contribution in [0.15, 0.2) is 11.6 Å². The number of carbonyl (C=O) groups is 1. The van der Waals surface area contributed by atoms with Crippen molar-refractivity contribution in [3.05, 3.63) is 11.6 Å². The lowest BCUT2D eigenvalue weighted by Gasteiger charge is -2.61. The van der Waals surface area contributed by atoms with Crippen LogP contribution in [-0.2, 0) is 19.4 Å². The van der Waals surface area contributed by atoms with Crippen LogP contribution in [-0.4, -0.2) is 68.7 Å². The molecule has 0 heterocycles. The Kier molecular flexibility index (Phi) is 7.38. The zero-order valence-electron chi connectivity index (χ0n) is 23.5. The molecular weight excluding hydrogens is 512 g/mol. The molecule has 5 N–H and O–H groups in total. The van der Waals surface area contributed by atoms with Gasteiger partial charge < -0.3 is 20.4 Å². The first kappa shape index (κ1) is 30.1. The minimum absolute atomic E-state index is 0.118. The second-order valence-corrected chi connectivity index (χ2v) is 15.3. The van der Waals surface area contributed by atoms with Gasteiger partial charge in [0.25, 0.3) is 0 Å². The average molecular weight is 559 g/mol. The predicted octanol–water partition coefficient (Wildman–Crippen LogP) is 2.96. The van der Waals surface area contributed by atoms with E-state index >= 15 is 0 Å². The van der Waals surface area contributed by atoms with Crippen LogP contribution in [0, 0.1) is 34.0 Å². The topological polar surface area (TPSA) is 162 Å². The molecule has 218 valence electrons. The van der Waals surface area contributed by atoms with Gasteiger partial charge in [0.05, 0.1) is 29.5 Å². The molecule has 4 aliphatic carbocycles. The van der Waals surface area contributed by atoms with E-state index in [0.717, 1.165) is 0 Å². The molecule has 9 atom stereocenters. The summed E-state index contributed by atoms with van der Waals surface area (Å²) in [5.41, 5.74) is -3.77. The minimum Gasteiger partial charge on any atom is -0.390 e. The number of carbonyl (C=O) groups excluding carboxylic acids is 1. The Morgan fingerprint density at radius 2 is 1.71 bits per heavy atom. The first-order valence-electron chi connectivity index (χ1n) is 13.9. The normalized spacial score (nSPS) is 42.7. The second kappa shape index (κ2) is 9.33. The Bertz CT molecular complexity index is 1090. The maximum absolute atomic E-state index is 13.4. The maximum atomic E-state index is 13.4. The van der Waals surface area contributed by atoms with Crippen molar-refractivity contribution in [2.24, 2.45) is 34.0 Å². The molecule has 9 nitrogen and oxygen atoms in total. The third kappa shape index (κ3) is 4.82. The first-order valence-corrected chi connectivity index (χ1v) is 15.2. The van der Waals surface area contributed by atoms with E-state index in [1.807, 2.05) is 27.7 Å². The van der Waals surface area contributed by atoms with Crippen molar-refractivity contribution in [2.45, 2.75) is 122 Å². The third-order valence-corrected chi connectivity index (χ3v) is 11.6. The summed E-state index contributed by atoms with van der Waals surface area (Å²) in [7, 11) is -4.77. The molecule has 38 heavy (non-hydrogen) atoms. The monoisotopic (exact) mass is 558 g/mol. The predicted molar refractivity (Wildman–Crippen MR) is 140 cm³/mol. The lowest BCUT2D eigenvalue weighted by Crippen LogP contribution is -2.61. The fraction of sp³-hybridized carbons (Fsp3) is 0.893. The van der Waals surface area contributed by atoms with Crippen LogP contribution < -0.4 is 0 Å². The summed E-state index contributed by atoms with van der Waals surface area (Å²) in [6.07, 6.45) is 1.99. The summed E-state index contributed by atoms with van der Waals surface area (Å²) in [6, 6.07) is 0. The Balaban J connectivity index is 1.71. The highest BCUT2D eigenvalue weighted by atomic mass is 32.3. The largest absolute Gasteiger partial charge is 0.397 e. The zero-order valence-corrected chi connectivity index (χ0v) is 24.3. The first-order chi connectivity index (χ1) is 17.2. The number of allylic oxidation sites excluding steroid dienone is 1. The van der Waals surface area contributed by atoms with Gasteiger partial charge in [-0.1, -0.05) is 27.7 Å². The fourth-order valence-corrected chi connectivity index (χ4v) is 9.60. The molecule has 0 aliphatic heterocycles. The van der Waals surface area contributed by atoms with E-state index in [9.17, 15) is 38.2 Å². The molecule has 0 radical (unpaired) electrons. The van der Waals surface area contributed by atoms with E-state index in [1.54, 1.807) is 19.9 Å². The molecule has 4 aliphatic rings. The number of hydrogen-bond acceptors (Lipinski definition) is 8. The highest BCUT2D eigenvalue weighted by molar-refractivity contribution is 7.80. The second-order valence-electron chi connectivity index (χ2n) is 14.3. The summed E-state index contributed by atoms with van der Waals surface area (Å²) in [4.78, 5) is 13.4. The Hall–Kier alpha value is -0.880. The van der Waals surface area contributed by atoms with Gasteiger partial charge in [-0.15, -0.1) is 0 Å². The van der Waals surface area contributed by atoms with Gasteiger partial charge in [-0.3, -0.25) is 9.35 Å². The molecule has 0 aromatic heterocycles. The van der Waals surface area contributed by atoms with E-state index in [2.05, 4.69) is 0 Å². The number of aliphatic hydroxyl groups is 4. The van der Waals surface area contributed by atoms with Crippen molar-refractivity contribution < 1.29 is 42.4 Å². The number of aliphatic hydroxyl groups excluding tert-OH is 2. The summed E-state index contributed by atoms with van der Waals surface area (Å²) >= 11 is 0. The van der Waals surface area contributed by atoms with Crippen molar-refractivity contribution in [1.29, 1.82) is 0 Å². The van der Waals surface area contributed by atoms with Gasteiger partial charge in [-0.25, -0.2) is 4.18 Å². The van der Waals surface area contributed by atoms with Crippen molar-refractivity contribution >= 4 is 16.2 Å². The molecule has 0 spiro atoms. The quantitative estimate of drug-likeness (QED) is 0.296. The Labute approximate surface area is 226 Å². The van der Waals surface area contributed by atoms with Crippen molar-refractivity contribution in [3.8, 4) is 0 Å². The molecule has 0 saturated heterocycles. The van der Waals surface area contributed by atoms with Gasteiger partial charge in [0.15, 0.2) is 5.78 Å². The highest BCUT2D eigenvalue weighted by Crippen LogP contribution is 2.69. The van der Waals surface area contributed by atoms with Crippen LogP contribution in [0.1, 0.15) is 92.9 Å². The van der Waals surface area contributed by atoms with Crippen LogP contribution in [0.3, 0.4) is 0 Å². The van der Waals surface area contributed by atoms with Gasteiger partial charge in [-0.05, 0) is 99.5 Å². The van der Waals surface area contributed by atoms with E-state index < -0.39 is 62.1 Å². The van der Waals surface area contributed by atoms with Crippen molar-refractivity contribution in [1.82, 2.24) is 0 Å². The molecule has 0 aromatic carbocycles. The van der Waals surface area contributed by atoms with Gasteiger partial charge in [0.1, 0.15) is 0 Å². The molecule has 0 aromatic rings. The minimum atomic E-state index is -4.77. The Morgan fingerprint density at radius 3 is 2.29 bits per heavy atom. The van der Waals surface area contributed by atoms with Crippen molar-refractivity contribution in [2.75, 3.05) is 0 Å². The van der Waals surface area contributed by atoms with E-state index in [1.165, 1.54) is 0 Å². The van der Waals surface area contributed by atoms with E-state index in [4.69, 9.17) is 4.18 Å². The summed E-state index contributed by atoms with van der Waals surface area (Å²) in [6.45, 7) is 11.0. The molecule has 3 saturated carbocycles. The fourth-order valence-electron chi connectivity index (χ4n) is 8.96. The van der Waals surface area contributed by atoms with Crippen LogP contribution in [0.25, 0.3) is 0 Å². The average Bonchev–Trinajstić information content (AvgIpc) is 3.04. The SMILES string of the molecule is CC(C)(O)CC[C@@H](OS(=O)(=O)O)C(C)(C)[C@H]1CC[C@@]2(O)C3=CC(=O)C4C[C@@H](O)[C@@H](O)C[C@]4(C)C3CC[C@]12C. The molecule has 10 heteroatoms. The maximum Gasteiger partial charge on any atom is 0.397 e. The zero-order chi connectivity index (χ0) is 28.7. The highest BCUT2D eigenvalue weighted by Gasteiger charge is 2.68. The molecule has 0 amide bonds. The molecular formula is C28H46O9S. The standard InChI is InChI=1S/C28H46O9S/c1-24(2,32)10-9-23(37-38(34,35)36)25(3,4)22-8-12-28(33)17-13-19(29)18-14-20(30)21(31)15-26(18,5)16(17)7-11-27(22,28)6/h13,16,18,20-23,30-33H,7-12,14-15H2,1-6H3,(H,34,35,36)/t16?,18?,20-,21+,22-,23-,26-,27-,28-/m1/s1. The van der Waals surface area contributed by atoms with Crippen LogP contribution in [0.4, 0.5) is 0 Å². The Morgan fingerprint density at radius 1 is 1.08 bits per heavy atom. The number of hydrogen-bond donors (Lipinski definition) is 5. The van der Waals surface area contributed by atoms with Crippen LogP contribution in [0.2, 0.25) is 0 Å². The summed E-state index contributed by atoms with van der Waals surface area (Å²) < 4.78 is 38.5. The molecule has 0 bridgehead atoms. The van der Waals surface area contributed by atoms with Crippen LogP contribution >= 0.6 is 0 Å². The summed E-state index contributed by atoms with van der Waals surface area (Å²) in [5, 5.41) is 43.5. The van der Waals surface area contributed by atoms with E-state index in [-0.39, 0.29) is 43.3 Å². The van der Waals surface area contributed by atoms with Gasteiger partial charge in [0, 0.05) is 11.3 Å². The van der Waals surface area contributed by atoms with E-state index in [0.29, 0.717) is 31.3 Å². The lowest BCUT2D eigenvalue weighted by atomic mass is 9.45. The van der Waals surface area contributed by atoms with Gasteiger partial charge in [-0.2, -0.15) is 8.42 Å². The lowest BCUT2D eigenvalue weighted by molar-refractivity contribution is -0.158. The number of ketones is 1. The van der Waals surface area contributed by atoms with Gasteiger partial charge in [0.2, 0.25) is 0 Å². The van der Waals surface area contributed by atoms with Gasteiger partial charge >= 0.3 is 10.4 Å². The number of rotatable bonds is 7. The van der Waals surface area contributed by atoms with Crippen LogP contribution in [0.5, 0.6) is 0 Å². The number of fused-ring (bicyclic) bond motifs is 5. The van der Waals surface area contributed by atoms with Crippen molar-refractivity contribution in [3.63, 3.8) is 0 Å². The summed E-state index contributed by atoms with van der Waals surface area (Å²) in [5.74, 6) is -0.865.